The van der Waals surface area contributed by atoms with E-state index >= 15 is 0 Å². The molecule has 0 heterocycles. The van der Waals surface area contributed by atoms with Gasteiger partial charge in [-0.05, 0) is 59.8 Å². The summed E-state index contributed by atoms with van der Waals surface area (Å²) in [5, 5.41) is 14.9. The summed E-state index contributed by atoms with van der Waals surface area (Å²) in [6.45, 7) is 0.197. The monoisotopic (exact) mass is 462 g/mol. The van der Waals surface area contributed by atoms with Gasteiger partial charge in [0.1, 0.15) is 12.6 Å². The lowest BCUT2D eigenvalue weighted by atomic mass is 9.98. The molecule has 3 aliphatic carbocycles. The number of fused-ring (bicyclic) bond motifs is 3. The Labute approximate surface area is 198 Å². The molecule has 2 fully saturated rings. The minimum atomic E-state index is -0.846. The smallest absolute Gasteiger partial charge is 0.407 e. The Balaban J connectivity index is 1.21. The number of nitrogens with one attached hydrogen (secondary N) is 2. The van der Waals surface area contributed by atoms with Crippen LogP contribution in [0.1, 0.15) is 55.6 Å². The van der Waals surface area contributed by atoms with Crippen LogP contribution in [0, 0.1) is 11.8 Å². The van der Waals surface area contributed by atoms with E-state index in [1.165, 1.54) is 0 Å². The summed E-state index contributed by atoms with van der Waals surface area (Å²) in [7, 11) is 0. The van der Waals surface area contributed by atoms with Crippen LogP contribution in [0.4, 0.5) is 4.79 Å². The van der Waals surface area contributed by atoms with Gasteiger partial charge in [0, 0.05) is 12.0 Å². The van der Waals surface area contributed by atoms with Gasteiger partial charge >= 0.3 is 12.1 Å². The van der Waals surface area contributed by atoms with Crippen molar-refractivity contribution >= 4 is 18.0 Å². The van der Waals surface area contributed by atoms with Gasteiger partial charge in [-0.1, -0.05) is 55.0 Å². The van der Waals surface area contributed by atoms with E-state index < -0.39 is 18.1 Å². The van der Waals surface area contributed by atoms with Crippen LogP contribution >= 0.6 is 0 Å². The zero-order valence-electron chi connectivity index (χ0n) is 19.0. The molecule has 0 radical (unpaired) electrons. The molecule has 7 nitrogen and oxygen atoms in total. The molecule has 7 heteroatoms. The number of rotatable bonds is 8. The number of alkyl carbamates (subject to hydrolysis) is 1. The first-order valence-corrected chi connectivity index (χ1v) is 12.1. The highest BCUT2D eigenvalue weighted by atomic mass is 16.5. The Morgan fingerprint density at radius 2 is 1.59 bits per heavy atom. The predicted octanol–water partition coefficient (Wildman–Crippen LogP) is 4.06. The minimum absolute atomic E-state index is 0.0402. The largest absolute Gasteiger partial charge is 0.481 e. The Bertz CT molecular complexity index is 1050. The summed E-state index contributed by atoms with van der Waals surface area (Å²) in [5.74, 6) is -1.09. The number of carboxylic acids is 1. The molecule has 0 spiro atoms. The van der Waals surface area contributed by atoms with E-state index in [0.717, 1.165) is 54.4 Å². The highest BCUT2D eigenvalue weighted by molar-refractivity contribution is 5.86. The van der Waals surface area contributed by atoms with Crippen molar-refractivity contribution < 1.29 is 24.2 Å². The molecule has 34 heavy (non-hydrogen) atoms. The van der Waals surface area contributed by atoms with E-state index in [2.05, 4.69) is 34.9 Å². The maximum atomic E-state index is 13.0. The van der Waals surface area contributed by atoms with Crippen LogP contribution in [-0.4, -0.2) is 41.8 Å². The van der Waals surface area contributed by atoms with E-state index in [-0.39, 0.29) is 42.7 Å². The van der Waals surface area contributed by atoms with E-state index in [4.69, 9.17) is 9.84 Å². The number of hydrogen-bond donors (Lipinski definition) is 3. The summed E-state index contributed by atoms with van der Waals surface area (Å²) < 4.78 is 5.63. The van der Waals surface area contributed by atoms with Crippen LogP contribution in [0.2, 0.25) is 0 Å². The third-order valence-corrected chi connectivity index (χ3v) is 7.42. The molecule has 2 aromatic rings. The Morgan fingerprint density at radius 1 is 0.941 bits per heavy atom. The normalized spacial score (nSPS) is 21.9. The first kappa shape index (κ1) is 22.4. The third-order valence-electron chi connectivity index (χ3n) is 7.42. The molecule has 2 aromatic carbocycles. The van der Waals surface area contributed by atoms with Gasteiger partial charge in [0.25, 0.3) is 0 Å². The topological polar surface area (TPSA) is 105 Å². The summed E-state index contributed by atoms with van der Waals surface area (Å²) in [4.78, 5) is 36.9. The van der Waals surface area contributed by atoms with Gasteiger partial charge in [-0.3, -0.25) is 9.59 Å². The van der Waals surface area contributed by atoms with E-state index in [1.807, 2.05) is 24.3 Å². The highest BCUT2D eigenvalue weighted by Crippen LogP contribution is 2.44. The lowest BCUT2D eigenvalue weighted by Crippen LogP contribution is -2.51. The van der Waals surface area contributed by atoms with E-state index in [0.29, 0.717) is 0 Å². The van der Waals surface area contributed by atoms with Crippen molar-refractivity contribution in [3.05, 3.63) is 59.7 Å². The second kappa shape index (κ2) is 9.49. The first-order chi connectivity index (χ1) is 16.5. The van der Waals surface area contributed by atoms with Crippen LogP contribution in [-0.2, 0) is 14.3 Å². The van der Waals surface area contributed by atoms with Gasteiger partial charge in [-0.2, -0.15) is 0 Å². The fourth-order valence-corrected chi connectivity index (χ4v) is 5.56. The zero-order valence-corrected chi connectivity index (χ0v) is 19.0. The van der Waals surface area contributed by atoms with Gasteiger partial charge in [-0.15, -0.1) is 0 Å². The van der Waals surface area contributed by atoms with Crippen molar-refractivity contribution in [2.45, 2.75) is 56.5 Å². The number of carbonyl (C=O) groups is 3. The maximum absolute atomic E-state index is 13.0. The summed E-state index contributed by atoms with van der Waals surface area (Å²) in [6.07, 6.45) is 3.69. The number of aliphatic carboxylic acids is 1. The molecular weight excluding hydrogens is 432 g/mol. The standard InChI is InChI=1S/C27H30N2O5/c30-24(31)14-17-6-5-11-23(17)28-26(32)25(16-12-13-16)29-27(33)34-15-22-20-9-3-1-7-18(20)19-8-2-4-10-21(19)22/h1-4,7-10,16-17,22-23,25H,5-6,11-15H2,(H,28,32)(H,29,33)(H,30,31). The zero-order chi connectivity index (χ0) is 23.7. The van der Waals surface area contributed by atoms with Crippen molar-refractivity contribution in [2.24, 2.45) is 11.8 Å². The van der Waals surface area contributed by atoms with Crippen molar-refractivity contribution in [1.82, 2.24) is 10.6 Å². The molecule has 2 amide bonds. The number of carbonyl (C=O) groups excluding carboxylic acids is 2. The maximum Gasteiger partial charge on any atom is 0.407 e. The Morgan fingerprint density at radius 3 is 2.21 bits per heavy atom. The summed E-state index contributed by atoms with van der Waals surface area (Å²) in [6, 6.07) is 15.5. The second-order valence-electron chi connectivity index (χ2n) is 9.69. The van der Waals surface area contributed by atoms with Crippen molar-refractivity contribution in [1.29, 1.82) is 0 Å². The first-order valence-electron chi connectivity index (χ1n) is 12.1. The molecule has 3 N–H and O–H groups in total. The van der Waals surface area contributed by atoms with Crippen LogP contribution in [0.3, 0.4) is 0 Å². The molecule has 3 unspecified atom stereocenters. The molecule has 2 saturated carbocycles. The fraction of sp³-hybridized carbons (Fsp3) is 0.444. The minimum Gasteiger partial charge on any atom is -0.481 e. The lowest BCUT2D eigenvalue weighted by molar-refractivity contribution is -0.138. The molecule has 0 aromatic heterocycles. The molecule has 3 atom stereocenters. The quantitative estimate of drug-likeness (QED) is 0.549. The van der Waals surface area contributed by atoms with Gasteiger partial charge in [0.05, 0.1) is 6.42 Å². The average molecular weight is 463 g/mol. The SMILES string of the molecule is O=C(O)CC1CCCC1NC(=O)C(NC(=O)OCC1c2ccccc2-c2ccccc21)C1CC1. The molecular formula is C27H30N2O5. The fourth-order valence-electron chi connectivity index (χ4n) is 5.56. The van der Waals surface area contributed by atoms with Crippen molar-refractivity contribution in [2.75, 3.05) is 6.61 Å². The molecule has 178 valence electrons. The number of carboxylic acid groups (broad SMARTS) is 1. The Hall–Kier alpha value is -3.35. The number of hydrogen-bond acceptors (Lipinski definition) is 4. The lowest BCUT2D eigenvalue weighted by Gasteiger charge is -2.24. The van der Waals surface area contributed by atoms with E-state index in [9.17, 15) is 14.4 Å². The molecule has 0 bridgehead atoms. The second-order valence-corrected chi connectivity index (χ2v) is 9.69. The van der Waals surface area contributed by atoms with Gasteiger partial charge < -0.3 is 20.5 Å². The summed E-state index contributed by atoms with van der Waals surface area (Å²) in [5.41, 5.74) is 4.60. The predicted molar refractivity (Wildman–Crippen MR) is 126 cm³/mol. The van der Waals surface area contributed by atoms with Crippen LogP contribution in [0.15, 0.2) is 48.5 Å². The van der Waals surface area contributed by atoms with Crippen LogP contribution in [0.25, 0.3) is 11.1 Å². The molecule has 3 aliphatic rings. The molecule has 0 saturated heterocycles. The summed E-state index contributed by atoms with van der Waals surface area (Å²) >= 11 is 0. The third kappa shape index (κ3) is 4.65. The van der Waals surface area contributed by atoms with Crippen molar-refractivity contribution in [3.8, 4) is 11.1 Å². The average Bonchev–Trinajstić information content (AvgIpc) is 3.50. The van der Waals surface area contributed by atoms with Crippen LogP contribution < -0.4 is 10.6 Å². The van der Waals surface area contributed by atoms with Crippen molar-refractivity contribution in [3.63, 3.8) is 0 Å². The Kier molecular flexibility index (Phi) is 6.26. The van der Waals surface area contributed by atoms with E-state index in [1.54, 1.807) is 0 Å². The number of amides is 2. The molecule has 5 rings (SSSR count). The number of benzene rings is 2. The highest BCUT2D eigenvalue weighted by Gasteiger charge is 2.40. The van der Waals surface area contributed by atoms with Crippen LogP contribution in [0.5, 0.6) is 0 Å². The van der Waals surface area contributed by atoms with Gasteiger partial charge in [0.2, 0.25) is 5.91 Å². The number of ether oxygens (including phenoxy) is 1. The van der Waals surface area contributed by atoms with Gasteiger partial charge in [-0.25, -0.2) is 4.79 Å². The van der Waals surface area contributed by atoms with Gasteiger partial charge in [0.15, 0.2) is 0 Å². The molecule has 0 aliphatic heterocycles.